The van der Waals surface area contributed by atoms with E-state index in [0.717, 1.165) is 23.3 Å². The summed E-state index contributed by atoms with van der Waals surface area (Å²) in [4.78, 5) is 25.2. The molecule has 0 aromatic heterocycles. The van der Waals surface area contributed by atoms with Gasteiger partial charge in [0.15, 0.2) is 5.60 Å². The van der Waals surface area contributed by atoms with Crippen molar-refractivity contribution in [2.24, 2.45) is 0 Å². The summed E-state index contributed by atoms with van der Waals surface area (Å²) in [6.45, 7) is 3.66. The Balaban J connectivity index is 1.78. The minimum Gasteiger partial charge on any atom is -0.497 e. The number of fused-ring (bicyclic) bond motifs is 1. The van der Waals surface area contributed by atoms with E-state index in [2.05, 4.69) is 5.32 Å². The fourth-order valence-electron chi connectivity index (χ4n) is 3.23. The SMILES string of the molecule is CCC(NC(=O)C1(C)Cc2ccccc2C(=O)O1)c1ccc(OC)cc1. The maximum atomic E-state index is 12.9. The van der Waals surface area contributed by atoms with Crippen LogP contribution in [0.2, 0.25) is 0 Å². The van der Waals surface area contributed by atoms with Crippen molar-refractivity contribution < 1.29 is 19.1 Å². The lowest BCUT2D eigenvalue weighted by atomic mass is 9.89. The first-order valence-electron chi connectivity index (χ1n) is 8.73. The number of esters is 1. The number of ether oxygens (including phenoxy) is 2. The van der Waals surface area contributed by atoms with Gasteiger partial charge in [-0.3, -0.25) is 4.79 Å². The zero-order valence-electron chi connectivity index (χ0n) is 15.2. The molecule has 0 aliphatic carbocycles. The monoisotopic (exact) mass is 353 g/mol. The number of carbonyl (C=O) groups excluding carboxylic acids is 2. The number of amides is 1. The molecule has 3 rings (SSSR count). The van der Waals surface area contributed by atoms with Crippen LogP contribution in [-0.4, -0.2) is 24.6 Å². The molecule has 136 valence electrons. The van der Waals surface area contributed by atoms with Gasteiger partial charge in [-0.05, 0) is 42.7 Å². The molecule has 1 heterocycles. The summed E-state index contributed by atoms with van der Waals surface area (Å²) in [6, 6.07) is 14.7. The Hall–Kier alpha value is -2.82. The predicted octanol–water partition coefficient (Wildman–Crippen LogP) is 3.43. The van der Waals surface area contributed by atoms with E-state index in [-0.39, 0.29) is 11.9 Å². The Labute approximate surface area is 153 Å². The quantitative estimate of drug-likeness (QED) is 0.837. The lowest BCUT2D eigenvalue weighted by Gasteiger charge is -2.34. The van der Waals surface area contributed by atoms with Gasteiger partial charge in [0.2, 0.25) is 0 Å². The van der Waals surface area contributed by atoms with Crippen LogP contribution in [0.4, 0.5) is 0 Å². The van der Waals surface area contributed by atoms with Gasteiger partial charge in [-0.2, -0.15) is 0 Å². The Kier molecular flexibility index (Phi) is 4.98. The molecule has 0 spiro atoms. The van der Waals surface area contributed by atoms with Crippen molar-refractivity contribution in [1.29, 1.82) is 0 Å². The van der Waals surface area contributed by atoms with Gasteiger partial charge in [0, 0.05) is 6.42 Å². The number of hydrogen-bond donors (Lipinski definition) is 1. The van der Waals surface area contributed by atoms with Crippen molar-refractivity contribution in [2.75, 3.05) is 7.11 Å². The third-order valence-corrected chi connectivity index (χ3v) is 4.80. The fourth-order valence-corrected chi connectivity index (χ4v) is 3.23. The number of methoxy groups -OCH3 is 1. The molecule has 2 aromatic rings. The molecule has 0 radical (unpaired) electrons. The summed E-state index contributed by atoms with van der Waals surface area (Å²) in [5.74, 6) is 0.0183. The minimum atomic E-state index is -1.22. The van der Waals surface area contributed by atoms with Gasteiger partial charge < -0.3 is 14.8 Å². The lowest BCUT2D eigenvalue weighted by Crippen LogP contribution is -2.52. The molecule has 1 aliphatic rings. The predicted molar refractivity (Wildman–Crippen MR) is 98.1 cm³/mol. The van der Waals surface area contributed by atoms with Crippen LogP contribution in [-0.2, 0) is 16.0 Å². The standard InChI is InChI=1S/C21H23NO4/c1-4-18(14-9-11-16(25-3)12-10-14)22-20(24)21(2)13-15-7-5-6-8-17(15)19(23)26-21/h5-12,18H,4,13H2,1-3H3,(H,22,24). The molecule has 2 atom stereocenters. The van der Waals surface area contributed by atoms with E-state index in [1.807, 2.05) is 43.3 Å². The number of rotatable bonds is 5. The molecule has 2 aromatic carbocycles. The van der Waals surface area contributed by atoms with Gasteiger partial charge in [0.25, 0.3) is 5.91 Å². The van der Waals surface area contributed by atoms with Gasteiger partial charge in [-0.1, -0.05) is 37.3 Å². The van der Waals surface area contributed by atoms with Crippen LogP contribution in [0.3, 0.4) is 0 Å². The summed E-state index contributed by atoms with van der Waals surface area (Å²) >= 11 is 0. The zero-order chi connectivity index (χ0) is 18.7. The van der Waals surface area contributed by atoms with Gasteiger partial charge in [0.05, 0.1) is 18.7 Å². The third-order valence-electron chi connectivity index (χ3n) is 4.80. The van der Waals surface area contributed by atoms with Crippen molar-refractivity contribution in [1.82, 2.24) is 5.32 Å². The second-order valence-electron chi connectivity index (χ2n) is 6.66. The van der Waals surface area contributed by atoms with E-state index in [1.165, 1.54) is 0 Å². The molecule has 26 heavy (non-hydrogen) atoms. The highest BCUT2D eigenvalue weighted by atomic mass is 16.6. The van der Waals surface area contributed by atoms with Crippen LogP contribution in [0.1, 0.15) is 47.8 Å². The van der Waals surface area contributed by atoms with Gasteiger partial charge in [0.1, 0.15) is 5.75 Å². The van der Waals surface area contributed by atoms with Crippen LogP contribution >= 0.6 is 0 Å². The maximum Gasteiger partial charge on any atom is 0.339 e. The second kappa shape index (κ2) is 7.20. The smallest absolute Gasteiger partial charge is 0.339 e. The minimum absolute atomic E-state index is 0.166. The molecule has 1 amide bonds. The molecule has 0 saturated heterocycles. The van der Waals surface area contributed by atoms with Crippen molar-refractivity contribution in [3.8, 4) is 5.75 Å². The molecule has 5 heteroatoms. The normalized spacial score (nSPS) is 19.9. The summed E-state index contributed by atoms with van der Waals surface area (Å²) < 4.78 is 10.7. The fraction of sp³-hybridized carbons (Fsp3) is 0.333. The highest BCUT2D eigenvalue weighted by Crippen LogP contribution is 2.29. The number of benzene rings is 2. The molecule has 0 fully saturated rings. The molecule has 0 saturated carbocycles. The molecule has 1 N–H and O–H groups in total. The number of hydrogen-bond acceptors (Lipinski definition) is 4. The Morgan fingerprint density at radius 3 is 2.58 bits per heavy atom. The van der Waals surface area contributed by atoms with Crippen molar-refractivity contribution in [2.45, 2.75) is 38.3 Å². The Morgan fingerprint density at radius 1 is 1.23 bits per heavy atom. The van der Waals surface area contributed by atoms with E-state index in [9.17, 15) is 9.59 Å². The number of cyclic esters (lactones) is 1. The molecular weight excluding hydrogens is 330 g/mol. The topological polar surface area (TPSA) is 64.6 Å². The van der Waals surface area contributed by atoms with Gasteiger partial charge >= 0.3 is 5.97 Å². The van der Waals surface area contributed by atoms with E-state index in [4.69, 9.17) is 9.47 Å². The number of nitrogens with one attached hydrogen (secondary N) is 1. The first kappa shape index (κ1) is 18.0. The Morgan fingerprint density at radius 2 is 1.92 bits per heavy atom. The highest BCUT2D eigenvalue weighted by Gasteiger charge is 2.43. The number of carbonyl (C=O) groups is 2. The third kappa shape index (κ3) is 3.43. The van der Waals surface area contributed by atoms with E-state index in [1.54, 1.807) is 26.2 Å². The summed E-state index contributed by atoms with van der Waals surface area (Å²) in [6.07, 6.45) is 1.08. The van der Waals surface area contributed by atoms with Crippen molar-refractivity contribution in [3.63, 3.8) is 0 Å². The van der Waals surface area contributed by atoms with Crippen LogP contribution in [0.5, 0.6) is 5.75 Å². The average molecular weight is 353 g/mol. The first-order valence-corrected chi connectivity index (χ1v) is 8.73. The molecule has 2 unspecified atom stereocenters. The second-order valence-corrected chi connectivity index (χ2v) is 6.66. The van der Waals surface area contributed by atoms with Crippen LogP contribution in [0, 0.1) is 0 Å². The molecular formula is C21H23NO4. The maximum absolute atomic E-state index is 12.9. The average Bonchev–Trinajstić information content (AvgIpc) is 2.66. The Bertz CT molecular complexity index is 815. The molecule has 1 aliphatic heterocycles. The molecule has 0 bridgehead atoms. The van der Waals surface area contributed by atoms with Crippen molar-refractivity contribution in [3.05, 3.63) is 65.2 Å². The van der Waals surface area contributed by atoms with E-state index < -0.39 is 11.6 Å². The van der Waals surface area contributed by atoms with Gasteiger partial charge in [-0.15, -0.1) is 0 Å². The van der Waals surface area contributed by atoms with Gasteiger partial charge in [-0.25, -0.2) is 4.79 Å². The van der Waals surface area contributed by atoms with E-state index in [0.29, 0.717) is 12.0 Å². The van der Waals surface area contributed by atoms with Crippen molar-refractivity contribution >= 4 is 11.9 Å². The lowest BCUT2D eigenvalue weighted by molar-refractivity contribution is -0.140. The summed E-state index contributed by atoms with van der Waals surface area (Å²) in [5.41, 5.74) is 1.12. The summed E-state index contributed by atoms with van der Waals surface area (Å²) in [5, 5.41) is 3.03. The highest BCUT2D eigenvalue weighted by molar-refractivity contribution is 5.97. The summed E-state index contributed by atoms with van der Waals surface area (Å²) in [7, 11) is 1.62. The van der Waals surface area contributed by atoms with Crippen LogP contribution < -0.4 is 10.1 Å². The zero-order valence-corrected chi connectivity index (χ0v) is 15.2. The molecule has 5 nitrogen and oxygen atoms in total. The van der Waals surface area contributed by atoms with Crippen LogP contribution in [0.25, 0.3) is 0 Å². The first-order chi connectivity index (χ1) is 12.5. The van der Waals surface area contributed by atoms with E-state index >= 15 is 0 Å². The largest absolute Gasteiger partial charge is 0.497 e. The van der Waals surface area contributed by atoms with Crippen LogP contribution in [0.15, 0.2) is 48.5 Å².